The predicted octanol–water partition coefficient (Wildman–Crippen LogP) is 3.86. The van der Waals surface area contributed by atoms with E-state index in [1.165, 1.54) is 18.3 Å². The average molecular weight is 397 g/mol. The number of ether oxygens (including phenoxy) is 1. The molecule has 1 aromatic carbocycles. The minimum absolute atomic E-state index is 0.00339. The summed E-state index contributed by atoms with van der Waals surface area (Å²) in [5, 5.41) is 16.2. The van der Waals surface area contributed by atoms with Crippen LogP contribution in [0.2, 0.25) is 0 Å². The van der Waals surface area contributed by atoms with Crippen LogP contribution in [0.15, 0.2) is 47.2 Å². The molecule has 2 heterocycles. The number of carbonyl (C=O) groups excluding carboxylic acids is 2. The van der Waals surface area contributed by atoms with Crippen LogP contribution in [0.3, 0.4) is 0 Å². The molecule has 0 fully saturated rings. The standard InChI is InChI=1S/C19H15N3O3S2/c1-12(18(24)21-14-5-2-4-13(8-14)10-20)25-17(23)9-15-11-27-19(22-15)16-6-3-7-26-16/h2-8,11-12H,9H2,1H3,(H,21,24). The van der Waals surface area contributed by atoms with E-state index in [0.29, 0.717) is 16.9 Å². The quantitative estimate of drug-likeness (QED) is 0.638. The van der Waals surface area contributed by atoms with Gasteiger partial charge in [-0.2, -0.15) is 5.26 Å². The van der Waals surface area contributed by atoms with E-state index in [1.54, 1.807) is 35.6 Å². The molecular formula is C19H15N3O3S2. The van der Waals surface area contributed by atoms with Crippen LogP contribution in [0.25, 0.3) is 9.88 Å². The molecule has 0 saturated heterocycles. The summed E-state index contributed by atoms with van der Waals surface area (Å²) < 4.78 is 5.20. The molecule has 1 amide bonds. The van der Waals surface area contributed by atoms with Gasteiger partial charge in [-0.1, -0.05) is 12.1 Å². The highest BCUT2D eigenvalue weighted by molar-refractivity contribution is 7.20. The Bertz CT molecular complexity index is 990. The summed E-state index contributed by atoms with van der Waals surface area (Å²) in [4.78, 5) is 29.8. The second-order valence-corrected chi connectivity index (χ2v) is 7.42. The topological polar surface area (TPSA) is 92.1 Å². The lowest BCUT2D eigenvalue weighted by molar-refractivity contribution is -0.152. The fourth-order valence-electron chi connectivity index (χ4n) is 2.25. The highest BCUT2D eigenvalue weighted by atomic mass is 32.1. The lowest BCUT2D eigenvalue weighted by Gasteiger charge is -2.13. The van der Waals surface area contributed by atoms with Gasteiger partial charge in [0.15, 0.2) is 6.10 Å². The van der Waals surface area contributed by atoms with E-state index >= 15 is 0 Å². The second-order valence-electron chi connectivity index (χ2n) is 5.61. The van der Waals surface area contributed by atoms with Gasteiger partial charge in [0.2, 0.25) is 0 Å². The van der Waals surface area contributed by atoms with Gasteiger partial charge in [0.1, 0.15) is 5.01 Å². The van der Waals surface area contributed by atoms with Gasteiger partial charge in [-0.15, -0.1) is 22.7 Å². The minimum atomic E-state index is -0.960. The van der Waals surface area contributed by atoms with Crippen molar-refractivity contribution in [3.05, 3.63) is 58.4 Å². The number of rotatable bonds is 6. The van der Waals surface area contributed by atoms with Crippen LogP contribution in [0.1, 0.15) is 18.2 Å². The Labute approximate surface area is 164 Å². The van der Waals surface area contributed by atoms with Crippen molar-refractivity contribution in [3.63, 3.8) is 0 Å². The van der Waals surface area contributed by atoms with Crippen LogP contribution in [0.4, 0.5) is 5.69 Å². The Morgan fingerprint density at radius 1 is 1.30 bits per heavy atom. The van der Waals surface area contributed by atoms with Crippen molar-refractivity contribution >= 4 is 40.2 Å². The van der Waals surface area contributed by atoms with E-state index in [-0.39, 0.29) is 6.42 Å². The molecule has 0 bridgehead atoms. The van der Waals surface area contributed by atoms with Crippen molar-refractivity contribution in [2.45, 2.75) is 19.4 Å². The maximum atomic E-state index is 12.2. The number of carbonyl (C=O) groups is 2. The van der Waals surface area contributed by atoms with Crippen LogP contribution in [-0.2, 0) is 20.7 Å². The summed E-state index contributed by atoms with van der Waals surface area (Å²) >= 11 is 3.05. The highest BCUT2D eigenvalue weighted by Crippen LogP contribution is 2.28. The Balaban J connectivity index is 1.54. The molecule has 0 aliphatic rings. The van der Waals surface area contributed by atoms with Crippen molar-refractivity contribution in [3.8, 4) is 16.0 Å². The number of anilines is 1. The number of esters is 1. The van der Waals surface area contributed by atoms with E-state index in [2.05, 4.69) is 10.3 Å². The highest BCUT2D eigenvalue weighted by Gasteiger charge is 2.19. The molecule has 27 heavy (non-hydrogen) atoms. The third-order valence-corrected chi connectivity index (χ3v) is 5.48. The smallest absolute Gasteiger partial charge is 0.312 e. The first-order valence-corrected chi connectivity index (χ1v) is 9.80. The average Bonchev–Trinajstić information content (AvgIpc) is 3.33. The van der Waals surface area contributed by atoms with Gasteiger partial charge < -0.3 is 10.1 Å². The molecule has 6 nitrogen and oxygen atoms in total. The molecule has 3 rings (SSSR count). The summed E-state index contributed by atoms with van der Waals surface area (Å²) in [7, 11) is 0. The van der Waals surface area contributed by atoms with Crippen molar-refractivity contribution in [1.29, 1.82) is 5.26 Å². The molecule has 1 N–H and O–H groups in total. The monoisotopic (exact) mass is 397 g/mol. The van der Waals surface area contributed by atoms with Gasteiger partial charge in [0.05, 0.1) is 28.6 Å². The van der Waals surface area contributed by atoms with Gasteiger partial charge in [0, 0.05) is 11.1 Å². The van der Waals surface area contributed by atoms with Crippen LogP contribution in [0.5, 0.6) is 0 Å². The van der Waals surface area contributed by atoms with E-state index in [4.69, 9.17) is 10.00 Å². The largest absolute Gasteiger partial charge is 0.452 e. The molecule has 136 valence electrons. The Kier molecular flexibility index (Phi) is 5.96. The van der Waals surface area contributed by atoms with Crippen LogP contribution >= 0.6 is 22.7 Å². The number of nitriles is 1. The van der Waals surface area contributed by atoms with Crippen molar-refractivity contribution in [2.75, 3.05) is 5.32 Å². The van der Waals surface area contributed by atoms with Gasteiger partial charge in [-0.3, -0.25) is 9.59 Å². The van der Waals surface area contributed by atoms with Crippen LogP contribution in [0, 0.1) is 11.3 Å². The zero-order chi connectivity index (χ0) is 19.2. The number of amides is 1. The first-order chi connectivity index (χ1) is 13.0. The summed E-state index contributed by atoms with van der Waals surface area (Å²) in [6.07, 6.45) is -0.956. The molecule has 0 radical (unpaired) electrons. The summed E-state index contributed by atoms with van der Waals surface area (Å²) in [5.74, 6) is -0.984. The normalized spacial score (nSPS) is 11.4. The molecule has 2 aromatic heterocycles. The lowest BCUT2D eigenvalue weighted by atomic mass is 10.2. The van der Waals surface area contributed by atoms with E-state index in [0.717, 1.165) is 9.88 Å². The maximum Gasteiger partial charge on any atom is 0.312 e. The number of thiazole rings is 1. The Hall–Kier alpha value is -3.02. The minimum Gasteiger partial charge on any atom is -0.452 e. The Morgan fingerprint density at radius 2 is 2.15 bits per heavy atom. The van der Waals surface area contributed by atoms with Crippen LogP contribution in [-0.4, -0.2) is 23.0 Å². The van der Waals surface area contributed by atoms with Crippen LogP contribution < -0.4 is 5.32 Å². The molecule has 8 heteroatoms. The number of aromatic nitrogens is 1. The zero-order valence-corrected chi connectivity index (χ0v) is 16.0. The van der Waals surface area contributed by atoms with Crippen molar-refractivity contribution in [2.24, 2.45) is 0 Å². The van der Waals surface area contributed by atoms with Gasteiger partial charge in [-0.25, -0.2) is 4.98 Å². The fraction of sp³-hybridized carbons (Fsp3) is 0.158. The number of thiophene rings is 1. The third kappa shape index (κ3) is 5.00. The maximum absolute atomic E-state index is 12.2. The molecule has 0 aliphatic heterocycles. The molecule has 0 aliphatic carbocycles. The number of nitrogens with one attached hydrogen (secondary N) is 1. The third-order valence-electron chi connectivity index (χ3n) is 3.55. The number of benzene rings is 1. The molecule has 1 atom stereocenters. The van der Waals surface area contributed by atoms with E-state index < -0.39 is 18.0 Å². The molecule has 0 saturated carbocycles. The summed E-state index contributed by atoms with van der Waals surface area (Å²) in [6.45, 7) is 1.50. The molecule has 3 aromatic rings. The van der Waals surface area contributed by atoms with E-state index in [9.17, 15) is 9.59 Å². The van der Waals surface area contributed by atoms with Gasteiger partial charge in [0.25, 0.3) is 5.91 Å². The first-order valence-electron chi connectivity index (χ1n) is 8.04. The lowest BCUT2D eigenvalue weighted by Crippen LogP contribution is -2.30. The van der Waals surface area contributed by atoms with Gasteiger partial charge >= 0.3 is 5.97 Å². The molecule has 1 unspecified atom stereocenters. The number of hydrogen-bond donors (Lipinski definition) is 1. The fourth-order valence-corrected chi connectivity index (χ4v) is 3.89. The van der Waals surface area contributed by atoms with Crippen molar-refractivity contribution in [1.82, 2.24) is 4.98 Å². The zero-order valence-electron chi connectivity index (χ0n) is 14.3. The van der Waals surface area contributed by atoms with Crippen molar-refractivity contribution < 1.29 is 14.3 Å². The van der Waals surface area contributed by atoms with E-state index in [1.807, 2.05) is 29.0 Å². The second kappa shape index (κ2) is 8.58. The molecule has 0 spiro atoms. The predicted molar refractivity (Wildman–Crippen MR) is 104 cm³/mol. The Morgan fingerprint density at radius 3 is 2.89 bits per heavy atom. The summed E-state index contributed by atoms with van der Waals surface area (Å²) in [5.41, 5.74) is 1.52. The number of nitrogens with zero attached hydrogens (tertiary/aromatic N) is 2. The summed E-state index contributed by atoms with van der Waals surface area (Å²) in [6, 6.07) is 12.4. The molecular weight excluding hydrogens is 382 g/mol. The SMILES string of the molecule is CC(OC(=O)Cc1csc(-c2cccs2)n1)C(=O)Nc1cccc(C#N)c1. The first kappa shape index (κ1) is 18.8. The van der Waals surface area contributed by atoms with Gasteiger partial charge in [-0.05, 0) is 36.6 Å². The number of hydrogen-bond acceptors (Lipinski definition) is 7.